The first-order chi connectivity index (χ1) is 9.76. The molecule has 20 heavy (non-hydrogen) atoms. The molecule has 0 aromatic carbocycles. The first-order valence-electron chi connectivity index (χ1n) is 7.77. The summed E-state index contributed by atoms with van der Waals surface area (Å²) >= 11 is 0. The van der Waals surface area contributed by atoms with E-state index in [0.29, 0.717) is 12.3 Å². The van der Waals surface area contributed by atoms with E-state index in [9.17, 15) is 4.79 Å². The van der Waals surface area contributed by atoms with Gasteiger partial charge in [-0.05, 0) is 38.5 Å². The molecule has 5 nitrogen and oxygen atoms in total. The number of H-pyrrole nitrogens is 1. The summed E-state index contributed by atoms with van der Waals surface area (Å²) in [6.45, 7) is 0.651. The minimum Gasteiger partial charge on any atom is -0.373 e. The van der Waals surface area contributed by atoms with E-state index in [4.69, 9.17) is 4.74 Å². The van der Waals surface area contributed by atoms with E-state index in [1.54, 1.807) is 0 Å². The van der Waals surface area contributed by atoms with Crippen LogP contribution in [0.1, 0.15) is 60.3 Å². The molecular weight excluding hydrogens is 254 g/mol. The molecule has 1 aromatic rings. The second-order valence-corrected chi connectivity index (χ2v) is 6.46. The molecule has 2 fully saturated rings. The zero-order chi connectivity index (χ0) is 13.6. The number of fused-ring (bicyclic) bond motifs is 1. The van der Waals surface area contributed by atoms with Gasteiger partial charge < -0.3 is 10.1 Å². The van der Waals surface area contributed by atoms with Crippen molar-refractivity contribution in [2.24, 2.45) is 0 Å². The molecule has 1 saturated heterocycles. The Morgan fingerprint density at radius 1 is 1.30 bits per heavy atom. The molecule has 2 aliphatic carbocycles. The number of rotatable bonds is 2. The Bertz CT molecular complexity index is 531. The third-order valence-corrected chi connectivity index (χ3v) is 5.08. The molecule has 0 radical (unpaired) electrons. The van der Waals surface area contributed by atoms with Crippen molar-refractivity contribution in [2.75, 3.05) is 6.61 Å². The smallest absolute Gasteiger partial charge is 0.272 e. The normalized spacial score (nSPS) is 27.1. The van der Waals surface area contributed by atoms with E-state index in [-0.39, 0.29) is 17.6 Å². The van der Waals surface area contributed by atoms with Crippen molar-refractivity contribution in [3.05, 3.63) is 17.0 Å². The SMILES string of the molecule is O=C(N[C@@H]1COC2(CCCC2)C1)c1n[nH]c2c1CCC2. The number of carbonyl (C=O) groups is 1. The van der Waals surface area contributed by atoms with Crippen LogP contribution in [0.5, 0.6) is 0 Å². The molecule has 0 bridgehead atoms. The Hall–Kier alpha value is -1.36. The summed E-state index contributed by atoms with van der Waals surface area (Å²) in [5.41, 5.74) is 2.93. The van der Waals surface area contributed by atoms with Gasteiger partial charge in [0.2, 0.25) is 0 Å². The maximum Gasteiger partial charge on any atom is 0.272 e. The van der Waals surface area contributed by atoms with Crippen molar-refractivity contribution in [1.82, 2.24) is 15.5 Å². The highest BCUT2D eigenvalue weighted by molar-refractivity contribution is 5.94. The van der Waals surface area contributed by atoms with Gasteiger partial charge in [0, 0.05) is 11.3 Å². The molecule has 2 heterocycles. The Kier molecular flexibility index (Phi) is 2.84. The minimum absolute atomic E-state index is 0.0342. The molecule has 1 aromatic heterocycles. The van der Waals surface area contributed by atoms with E-state index in [0.717, 1.165) is 49.8 Å². The molecule has 1 amide bonds. The lowest BCUT2D eigenvalue weighted by Crippen LogP contribution is -2.36. The standard InChI is InChI=1S/C15H21N3O2/c19-14(13-11-4-3-5-12(11)17-18-13)16-10-8-15(20-9-10)6-1-2-7-15/h10H,1-9H2,(H,16,19)(H,17,18)/t10-/m0/s1. The topological polar surface area (TPSA) is 67.0 Å². The zero-order valence-electron chi connectivity index (χ0n) is 11.7. The molecule has 1 atom stereocenters. The van der Waals surface area contributed by atoms with Gasteiger partial charge in [0.1, 0.15) is 0 Å². The minimum atomic E-state index is -0.0342. The number of carbonyl (C=O) groups excluding carboxylic acids is 1. The van der Waals surface area contributed by atoms with Gasteiger partial charge >= 0.3 is 0 Å². The molecule has 1 aliphatic heterocycles. The molecule has 3 aliphatic rings. The molecule has 2 N–H and O–H groups in total. The highest BCUT2D eigenvalue weighted by Crippen LogP contribution is 2.40. The van der Waals surface area contributed by atoms with Crippen LogP contribution in [0.4, 0.5) is 0 Å². The predicted molar refractivity (Wildman–Crippen MR) is 73.6 cm³/mol. The Labute approximate surface area is 118 Å². The maximum atomic E-state index is 12.4. The highest BCUT2D eigenvalue weighted by Gasteiger charge is 2.43. The summed E-state index contributed by atoms with van der Waals surface area (Å²) < 4.78 is 5.98. The second-order valence-electron chi connectivity index (χ2n) is 6.46. The molecule has 108 valence electrons. The van der Waals surface area contributed by atoms with Gasteiger partial charge in [0.15, 0.2) is 5.69 Å². The van der Waals surface area contributed by atoms with Gasteiger partial charge in [-0.1, -0.05) is 12.8 Å². The van der Waals surface area contributed by atoms with Gasteiger partial charge in [-0.2, -0.15) is 5.10 Å². The Balaban J connectivity index is 1.43. The summed E-state index contributed by atoms with van der Waals surface area (Å²) in [6.07, 6.45) is 8.89. The lowest BCUT2D eigenvalue weighted by Gasteiger charge is -2.21. The maximum absolute atomic E-state index is 12.4. The average Bonchev–Trinajstić information content (AvgIpc) is 3.16. The number of hydrogen-bond donors (Lipinski definition) is 2. The number of hydrogen-bond acceptors (Lipinski definition) is 3. The fourth-order valence-electron chi connectivity index (χ4n) is 4.07. The first kappa shape index (κ1) is 12.4. The van der Waals surface area contributed by atoms with Gasteiger partial charge in [-0.25, -0.2) is 0 Å². The first-order valence-corrected chi connectivity index (χ1v) is 7.77. The van der Waals surface area contributed by atoms with Crippen molar-refractivity contribution >= 4 is 5.91 Å². The quantitative estimate of drug-likeness (QED) is 0.863. The number of nitrogens with zero attached hydrogens (tertiary/aromatic N) is 1. The van der Waals surface area contributed by atoms with Crippen molar-refractivity contribution < 1.29 is 9.53 Å². The van der Waals surface area contributed by atoms with E-state index in [1.807, 2.05) is 0 Å². The summed E-state index contributed by atoms with van der Waals surface area (Å²) in [4.78, 5) is 12.4. The van der Waals surface area contributed by atoms with Crippen LogP contribution >= 0.6 is 0 Å². The third kappa shape index (κ3) is 1.95. The van der Waals surface area contributed by atoms with Gasteiger partial charge in [-0.15, -0.1) is 0 Å². The number of aryl methyl sites for hydroxylation is 1. The summed E-state index contributed by atoms with van der Waals surface area (Å²) in [7, 11) is 0. The molecule has 1 saturated carbocycles. The lowest BCUT2D eigenvalue weighted by molar-refractivity contribution is 0.00987. The van der Waals surface area contributed by atoms with Crippen LogP contribution in [0.3, 0.4) is 0 Å². The number of nitrogens with one attached hydrogen (secondary N) is 2. The van der Waals surface area contributed by atoms with E-state index in [2.05, 4.69) is 15.5 Å². The Morgan fingerprint density at radius 2 is 2.15 bits per heavy atom. The van der Waals surface area contributed by atoms with E-state index >= 15 is 0 Å². The van der Waals surface area contributed by atoms with Crippen LogP contribution in [-0.4, -0.2) is 34.4 Å². The highest BCUT2D eigenvalue weighted by atomic mass is 16.5. The largest absolute Gasteiger partial charge is 0.373 e. The molecule has 5 heteroatoms. The number of ether oxygens (including phenoxy) is 1. The van der Waals surface area contributed by atoms with Crippen LogP contribution in [0.25, 0.3) is 0 Å². The lowest BCUT2D eigenvalue weighted by atomic mass is 9.96. The van der Waals surface area contributed by atoms with Crippen LogP contribution in [-0.2, 0) is 17.6 Å². The van der Waals surface area contributed by atoms with Gasteiger partial charge in [-0.3, -0.25) is 9.89 Å². The predicted octanol–water partition coefficient (Wildman–Crippen LogP) is 1.73. The van der Waals surface area contributed by atoms with E-state index in [1.165, 1.54) is 12.8 Å². The molecule has 4 rings (SSSR count). The monoisotopic (exact) mass is 275 g/mol. The van der Waals surface area contributed by atoms with Gasteiger partial charge in [0.25, 0.3) is 5.91 Å². The van der Waals surface area contributed by atoms with Crippen LogP contribution in [0, 0.1) is 0 Å². The van der Waals surface area contributed by atoms with Crippen LogP contribution in [0.15, 0.2) is 0 Å². The van der Waals surface area contributed by atoms with Gasteiger partial charge in [0.05, 0.1) is 18.2 Å². The number of aromatic nitrogens is 2. The summed E-state index contributed by atoms with van der Waals surface area (Å²) in [6, 6.07) is 0.148. The number of aromatic amines is 1. The second kappa shape index (κ2) is 4.58. The fraction of sp³-hybridized carbons (Fsp3) is 0.733. The number of amides is 1. The molecule has 1 spiro atoms. The van der Waals surface area contributed by atoms with Crippen LogP contribution < -0.4 is 5.32 Å². The molecule has 0 unspecified atom stereocenters. The van der Waals surface area contributed by atoms with Crippen molar-refractivity contribution in [3.8, 4) is 0 Å². The van der Waals surface area contributed by atoms with E-state index < -0.39 is 0 Å². The zero-order valence-corrected chi connectivity index (χ0v) is 11.7. The Morgan fingerprint density at radius 3 is 3.00 bits per heavy atom. The van der Waals surface area contributed by atoms with Crippen molar-refractivity contribution in [2.45, 2.75) is 63.0 Å². The summed E-state index contributed by atoms with van der Waals surface area (Å²) in [5, 5.41) is 10.3. The third-order valence-electron chi connectivity index (χ3n) is 5.08. The summed E-state index contributed by atoms with van der Waals surface area (Å²) in [5.74, 6) is -0.0342. The average molecular weight is 275 g/mol. The van der Waals surface area contributed by atoms with Crippen LogP contribution in [0.2, 0.25) is 0 Å². The fourth-order valence-corrected chi connectivity index (χ4v) is 4.07. The molecular formula is C15H21N3O2. The van der Waals surface area contributed by atoms with Crippen molar-refractivity contribution in [3.63, 3.8) is 0 Å². The van der Waals surface area contributed by atoms with Crippen molar-refractivity contribution in [1.29, 1.82) is 0 Å².